The maximum Gasteiger partial charge on any atom is 0.296 e. The van der Waals surface area contributed by atoms with Crippen LogP contribution in [0.1, 0.15) is 10.4 Å². The van der Waals surface area contributed by atoms with Crippen molar-refractivity contribution >= 4 is 40.6 Å². The zero-order valence-corrected chi connectivity index (χ0v) is 7.74. The van der Waals surface area contributed by atoms with Crippen LogP contribution in [0, 0.1) is 0 Å². The molecular formula is C8H3Cl2NO2. The maximum absolute atomic E-state index is 11.1. The van der Waals surface area contributed by atoms with E-state index in [0.717, 1.165) is 0 Å². The van der Waals surface area contributed by atoms with E-state index in [1.165, 1.54) is 12.1 Å². The van der Waals surface area contributed by atoms with Crippen LogP contribution in [0.2, 0.25) is 10.0 Å². The van der Waals surface area contributed by atoms with Crippen LogP contribution < -0.4 is 5.32 Å². The average Bonchev–Trinajstić information content (AvgIpc) is 2.32. The number of halogens is 2. The van der Waals surface area contributed by atoms with Crippen LogP contribution in [0.5, 0.6) is 0 Å². The number of amides is 1. The van der Waals surface area contributed by atoms with Crippen LogP contribution >= 0.6 is 23.2 Å². The van der Waals surface area contributed by atoms with Crippen LogP contribution in [0.15, 0.2) is 12.1 Å². The van der Waals surface area contributed by atoms with E-state index < -0.39 is 11.7 Å². The highest BCUT2D eigenvalue weighted by atomic mass is 35.5. The van der Waals surface area contributed by atoms with E-state index in [-0.39, 0.29) is 10.6 Å². The van der Waals surface area contributed by atoms with Crippen LogP contribution in [-0.4, -0.2) is 11.7 Å². The Hall–Kier alpha value is -1.06. The van der Waals surface area contributed by atoms with Crippen molar-refractivity contribution in [3.8, 4) is 0 Å². The lowest BCUT2D eigenvalue weighted by molar-refractivity contribution is -0.112. The highest BCUT2D eigenvalue weighted by Gasteiger charge is 2.28. The number of hydrogen-bond acceptors (Lipinski definition) is 2. The van der Waals surface area contributed by atoms with E-state index >= 15 is 0 Å². The minimum Gasteiger partial charge on any atom is -0.318 e. The summed E-state index contributed by atoms with van der Waals surface area (Å²) < 4.78 is 0. The van der Waals surface area contributed by atoms with E-state index in [4.69, 9.17) is 23.2 Å². The van der Waals surface area contributed by atoms with Gasteiger partial charge in [0.1, 0.15) is 0 Å². The van der Waals surface area contributed by atoms with Gasteiger partial charge in [0, 0.05) is 0 Å². The predicted molar refractivity (Wildman–Crippen MR) is 49.4 cm³/mol. The van der Waals surface area contributed by atoms with Gasteiger partial charge in [0.15, 0.2) is 0 Å². The van der Waals surface area contributed by atoms with Crippen molar-refractivity contribution in [3.05, 3.63) is 27.7 Å². The first kappa shape index (κ1) is 8.53. The summed E-state index contributed by atoms with van der Waals surface area (Å²) in [6.45, 7) is 0. The van der Waals surface area contributed by atoms with Crippen molar-refractivity contribution in [3.63, 3.8) is 0 Å². The molecule has 1 aliphatic rings. The second-order valence-corrected chi connectivity index (χ2v) is 3.41. The largest absolute Gasteiger partial charge is 0.318 e. The summed E-state index contributed by atoms with van der Waals surface area (Å²) in [6.07, 6.45) is 0. The fourth-order valence-corrected chi connectivity index (χ4v) is 1.47. The lowest BCUT2D eigenvalue weighted by Gasteiger charge is -1.99. The standard InChI is InChI=1S/C8H3Cl2NO2/c9-4-1-3-6(2-5(4)10)11-8(13)7(3)12/h1-2H,(H,11,12,13). The summed E-state index contributed by atoms with van der Waals surface area (Å²) >= 11 is 11.4. The molecule has 0 fully saturated rings. The normalized spacial score (nSPS) is 14.3. The molecule has 5 heteroatoms. The van der Waals surface area contributed by atoms with Crippen LogP contribution in [0.25, 0.3) is 0 Å². The van der Waals surface area contributed by atoms with Gasteiger partial charge in [-0.05, 0) is 12.1 Å². The third-order valence-corrected chi connectivity index (χ3v) is 2.48. The average molecular weight is 216 g/mol. The lowest BCUT2D eigenvalue weighted by Crippen LogP contribution is -2.12. The number of carbonyl (C=O) groups excluding carboxylic acids is 2. The molecule has 66 valence electrons. The number of hydrogen-bond donors (Lipinski definition) is 1. The molecule has 0 atom stereocenters. The molecule has 1 aromatic rings. The van der Waals surface area contributed by atoms with Gasteiger partial charge < -0.3 is 5.32 Å². The first-order valence-corrected chi connectivity index (χ1v) is 4.20. The predicted octanol–water partition coefficient (Wildman–Crippen LogP) is 2.13. The van der Waals surface area contributed by atoms with Gasteiger partial charge in [-0.1, -0.05) is 23.2 Å². The van der Waals surface area contributed by atoms with Gasteiger partial charge in [0.25, 0.3) is 11.7 Å². The van der Waals surface area contributed by atoms with E-state index in [1.54, 1.807) is 0 Å². The molecule has 0 saturated heterocycles. The summed E-state index contributed by atoms with van der Waals surface area (Å²) in [5.74, 6) is -1.22. The van der Waals surface area contributed by atoms with Gasteiger partial charge in [-0.2, -0.15) is 0 Å². The first-order chi connectivity index (χ1) is 6.09. The zero-order valence-electron chi connectivity index (χ0n) is 6.23. The molecule has 1 amide bonds. The van der Waals surface area contributed by atoms with Gasteiger partial charge in [-0.3, -0.25) is 9.59 Å². The van der Waals surface area contributed by atoms with E-state index in [9.17, 15) is 9.59 Å². The van der Waals surface area contributed by atoms with Gasteiger partial charge >= 0.3 is 0 Å². The molecule has 0 aromatic heterocycles. The van der Waals surface area contributed by atoms with E-state index in [2.05, 4.69) is 5.32 Å². The highest BCUT2D eigenvalue weighted by Crippen LogP contribution is 2.32. The number of nitrogens with one attached hydrogen (secondary N) is 1. The second kappa shape index (κ2) is 2.72. The monoisotopic (exact) mass is 215 g/mol. The summed E-state index contributed by atoms with van der Waals surface area (Å²) in [4.78, 5) is 22.1. The third-order valence-electron chi connectivity index (χ3n) is 1.76. The Balaban J connectivity index is 2.66. The lowest BCUT2D eigenvalue weighted by atomic mass is 10.1. The molecule has 13 heavy (non-hydrogen) atoms. The molecule has 3 nitrogen and oxygen atoms in total. The van der Waals surface area contributed by atoms with Crippen molar-refractivity contribution in [2.24, 2.45) is 0 Å². The Morgan fingerprint density at radius 2 is 1.69 bits per heavy atom. The molecule has 1 aliphatic heterocycles. The first-order valence-electron chi connectivity index (χ1n) is 3.44. The fourth-order valence-electron chi connectivity index (χ4n) is 1.14. The van der Waals surface area contributed by atoms with Crippen LogP contribution in [0.3, 0.4) is 0 Å². The minimum atomic E-state index is -0.645. The Morgan fingerprint density at radius 3 is 2.38 bits per heavy atom. The third kappa shape index (κ3) is 1.20. The number of fused-ring (bicyclic) bond motifs is 1. The molecule has 0 saturated carbocycles. The van der Waals surface area contributed by atoms with Gasteiger partial charge in [0.05, 0.1) is 21.3 Å². The number of Topliss-reactive ketones (excluding diaryl/α,β-unsaturated/α-hetero) is 1. The molecule has 0 radical (unpaired) electrons. The Kier molecular flexibility index (Phi) is 1.78. The van der Waals surface area contributed by atoms with Crippen molar-refractivity contribution in [2.45, 2.75) is 0 Å². The highest BCUT2D eigenvalue weighted by molar-refractivity contribution is 6.53. The van der Waals surface area contributed by atoms with Gasteiger partial charge in [-0.25, -0.2) is 0 Å². The second-order valence-electron chi connectivity index (χ2n) is 2.60. The Bertz CT molecular complexity index is 428. The molecule has 1 N–H and O–H groups in total. The molecule has 0 spiro atoms. The summed E-state index contributed by atoms with van der Waals surface area (Å²) in [7, 11) is 0. The van der Waals surface area contributed by atoms with Gasteiger partial charge in [0.2, 0.25) is 0 Å². The van der Waals surface area contributed by atoms with Crippen LogP contribution in [0.4, 0.5) is 5.69 Å². The van der Waals surface area contributed by atoms with Crippen molar-refractivity contribution in [1.82, 2.24) is 0 Å². The molecule has 2 rings (SSSR count). The smallest absolute Gasteiger partial charge is 0.296 e. The Labute approximate surface area is 83.6 Å². The summed E-state index contributed by atoms with van der Waals surface area (Å²) in [5, 5.41) is 2.97. The quantitative estimate of drug-likeness (QED) is 0.675. The van der Waals surface area contributed by atoms with E-state index in [1.807, 2.05) is 0 Å². The fraction of sp³-hybridized carbons (Fsp3) is 0. The van der Waals surface area contributed by atoms with E-state index in [0.29, 0.717) is 10.7 Å². The summed E-state index contributed by atoms with van der Waals surface area (Å²) in [6, 6.07) is 2.85. The summed E-state index contributed by atoms with van der Waals surface area (Å²) in [5.41, 5.74) is 0.698. The minimum absolute atomic E-state index is 0.269. The molecular weight excluding hydrogens is 213 g/mol. The van der Waals surface area contributed by atoms with Gasteiger partial charge in [-0.15, -0.1) is 0 Å². The number of ketones is 1. The zero-order chi connectivity index (χ0) is 9.59. The molecule has 0 unspecified atom stereocenters. The molecule has 0 aliphatic carbocycles. The van der Waals surface area contributed by atoms with Crippen molar-refractivity contribution in [2.75, 3.05) is 5.32 Å². The molecule has 0 bridgehead atoms. The number of rotatable bonds is 0. The number of anilines is 1. The number of carbonyl (C=O) groups is 2. The topological polar surface area (TPSA) is 46.2 Å². The Morgan fingerprint density at radius 1 is 1.08 bits per heavy atom. The van der Waals surface area contributed by atoms with Crippen molar-refractivity contribution < 1.29 is 9.59 Å². The van der Waals surface area contributed by atoms with Crippen molar-refractivity contribution in [1.29, 1.82) is 0 Å². The van der Waals surface area contributed by atoms with Crippen LogP contribution in [-0.2, 0) is 4.79 Å². The maximum atomic E-state index is 11.1. The number of benzene rings is 1. The molecule has 1 heterocycles. The SMILES string of the molecule is O=C1Nc2cc(Cl)c(Cl)cc2C1=O. The molecule has 1 aromatic carbocycles.